The number of likely N-dealkylation sites (tertiary alicyclic amines) is 1. The van der Waals surface area contributed by atoms with Crippen molar-refractivity contribution in [2.75, 3.05) is 33.9 Å². The fraction of sp³-hybridized carbons (Fsp3) is 0.357. The van der Waals surface area contributed by atoms with E-state index in [1.807, 2.05) is 18.2 Å². The van der Waals surface area contributed by atoms with E-state index in [1.54, 1.807) is 0 Å². The van der Waals surface area contributed by atoms with Crippen LogP contribution < -0.4 is 4.74 Å². The first-order chi connectivity index (χ1) is 17.1. The van der Waals surface area contributed by atoms with Gasteiger partial charge < -0.3 is 14.4 Å². The summed E-state index contributed by atoms with van der Waals surface area (Å²) in [4.78, 5) is 2.24. The number of halogens is 5. The molecule has 0 bridgehead atoms. The first-order valence-electron chi connectivity index (χ1n) is 11.7. The minimum atomic E-state index is -4.66. The predicted molar refractivity (Wildman–Crippen MR) is 128 cm³/mol. The zero-order valence-corrected chi connectivity index (χ0v) is 20.2. The van der Waals surface area contributed by atoms with E-state index in [9.17, 15) is 22.0 Å². The topological polar surface area (TPSA) is 21.7 Å². The molecule has 1 fully saturated rings. The van der Waals surface area contributed by atoms with E-state index >= 15 is 0 Å². The Balaban J connectivity index is 1.62. The molecule has 0 atom stereocenters. The number of ether oxygens (including phenoxy) is 2. The number of alkyl halides is 3. The number of benzene rings is 3. The Kier molecular flexibility index (Phi) is 7.66. The van der Waals surface area contributed by atoms with E-state index in [1.165, 1.54) is 25.3 Å². The monoisotopic (exact) mass is 505 g/mol. The molecule has 1 aliphatic rings. The summed E-state index contributed by atoms with van der Waals surface area (Å²) in [5, 5.41) is 0. The van der Waals surface area contributed by atoms with Crippen molar-refractivity contribution < 1.29 is 31.4 Å². The fourth-order valence-corrected chi connectivity index (χ4v) is 4.73. The van der Waals surface area contributed by atoms with E-state index in [0.717, 1.165) is 43.6 Å². The summed E-state index contributed by atoms with van der Waals surface area (Å²) in [5.74, 6) is -2.84. The van der Waals surface area contributed by atoms with E-state index in [4.69, 9.17) is 9.47 Å². The lowest BCUT2D eigenvalue weighted by atomic mass is 9.73. The van der Waals surface area contributed by atoms with Crippen LogP contribution >= 0.6 is 0 Å². The lowest BCUT2D eigenvalue weighted by molar-refractivity contribution is -0.137. The summed E-state index contributed by atoms with van der Waals surface area (Å²) in [6.07, 6.45) is -2.94. The summed E-state index contributed by atoms with van der Waals surface area (Å²) < 4.78 is 80.7. The molecule has 3 nitrogen and oxygen atoms in total. The van der Waals surface area contributed by atoms with Crippen LogP contribution in [0, 0.1) is 11.6 Å². The van der Waals surface area contributed by atoms with Crippen molar-refractivity contribution in [2.24, 2.45) is 0 Å². The lowest BCUT2D eigenvalue weighted by Crippen LogP contribution is -2.43. The van der Waals surface area contributed by atoms with Gasteiger partial charge in [-0.15, -0.1) is 0 Å². The van der Waals surface area contributed by atoms with Crippen molar-refractivity contribution >= 4 is 0 Å². The average molecular weight is 506 g/mol. The van der Waals surface area contributed by atoms with Crippen LogP contribution in [0.25, 0.3) is 11.1 Å². The molecule has 4 rings (SSSR count). The zero-order valence-electron chi connectivity index (χ0n) is 20.2. The van der Waals surface area contributed by atoms with Gasteiger partial charge in [-0.1, -0.05) is 30.3 Å². The molecular formula is C28H28F5NO2. The summed E-state index contributed by atoms with van der Waals surface area (Å²) in [5.41, 5.74) is -0.198. The minimum Gasteiger partial charge on any atom is -0.494 e. The van der Waals surface area contributed by atoms with Crippen molar-refractivity contribution in [3.8, 4) is 16.9 Å². The Hall–Kier alpha value is -2.97. The van der Waals surface area contributed by atoms with E-state index in [2.05, 4.69) is 24.1 Å². The van der Waals surface area contributed by atoms with Crippen molar-refractivity contribution in [3.05, 3.63) is 89.0 Å². The van der Waals surface area contributed by atoms with Gasteiger partial charge in [-0.05, 0) is 80.0 Å². The zero-order chi connectivity index (χ0) is 25.9. The van der Waals surface area contributed by atoms with Gasteiger partial charge in [0, 0.05) is 11.0 Å². The Labute approximate surface area is 207 Å². The number of hydrogen-bond donors (Lipinski definition) is 0. The molecule has 0 spiro atoms. The Bertz CT molecular complexity index is 1190. The second-order valence-electron chi connectivity index (χ2n) is 9.30. The largest absolute Gasteiger partial charge is 0.494 e. The van der Waals surface area contributed by atoms with Crippen LogP contribution in [-0.2, 0) is 22.9 Å². The number of methoxy groups -OCH3 is 1. The molecular weight excluding hydrogens is 477 g/mol. The second kappa shape index (κ2) is 10.6. The SMILES string of the molecule is COc1ccc(-c2cc(COCC3(c4ccccc4)CCN(C)CC3)cc(C(F)(F)F)c2)c(F)c1F. The normalized spacial score (nSPS) is 16.2. The van der Waals surface area contributed by atoms with Crippen LogP contribution in [0.15, 0.2) is 60.7 Å². The van der Waals surface area contributed by atoms with Crippen molar-refractivity contribution in [1.82, 2.24) is 4.90 Å². The van der Waals surface area contributed by atoms with Gasteiger partial charge in [0.05, 0.1) is 25.9 Å². The maximum Gasteiger partial charge on any atom is 0.416 e. The summed E-state index contributed by atoms with van der Waals surface area (Å²) in [6.45, 7) is 2.01. The first kappa shape index (κ1) is 26.1. The highest BCUT2D eigenvalue weighted by atomic mass is 19.4. The Morgan fingerprint density at radius 1 is 0.917 bits per heavy atom. The Morgan fingerprint density at radius 2 is 1.61 bits per heavy atom. The van der Waals surface area contributed by atoms with Gasteiger partial charge in [-0.25, -0.2) is 4.39 Å². The quantitative estimate of drug-likeness (QED) is 0.328. The second-order valence-corrected chi connectivity index (χ2v) is 9.30. The van der Waals surface area contributed by atoms with Gasteiger partial charge in [0.1, 0.15) is 0 Å². The molecule has 0 aliphatic carbocycles. The number of hydrogen-bond acceptors (Lipinski definition) is 3. The summed E-state index contributed by atoms with van der Waals surface area (Å²) in [6, 6.07) is 15.6. The highest BCUT2D eigenvalue weighted by Crippen LogP contribution is 2.38. The van der Waals surface area contributed by atoms with Crippen LogP contribution in [-0.4, -0.2) is 38.8 Å². The Morgan fingerprint density at radius 3 is 2.25 bits per heavy atom. The molecule has 1 aliphatic heterocycles. The minimum absolute atomic E-state index is 0.0838. The molecule has 0 amide bonds. The van der Waals surface area contributed by atoms with Crippen molar-refractivity contribution in [3.63, 3.8) is 0 Å². The molecule has 0 N–H and O–H groups in total. The van der Waals surface area contributed by atoms with E-state index < -0.39 is 23.4 Å². The van der Waals surface area contributed by atoms with Crippen LogP contribution in [0.1, 0.15) is 29.5 Å². The van der Waals surface area contributed by atoms with Crippen molar-refractivity contribution in [1.29, 1.82) is 0 Å². The highest BCUT2D eigenvalue weighted by Gasteiger charge is 2.36. The maximum absolute atomic E-state index is 14.7. The highest BCUT2D eigenvalue weighted by molar-refractivity contribution is 5.67. The third kappa shape index (κ3) is 5.55. The van der Waals surface area contributed by atoms with Crippen molar-refractivity contribution in [2.45, 2.75) is 31.0 Å². The van der Waals surface area contributed by atoms with Crippen LogP contribution in [0.2, 0.25) is 0 Å². The predicted octanol–water partition coefficient (Wildman–Crippen LogP) is 6.84. The van der Waals surface area contributed by atoms with Gasteiger partial charge in [0.2, 0.25) is 5.82 Å². The molecule has 0 saturated carbocycles. The van der Waals surface area contributed by atoms with E-state index in [0.29, 0.717) is 6.61 Å². The molecule has 36 heavy (non-hydrogen) atoms. The third-order valence-corrected chi connectivity index (χ3v) is 6.88. The number of nitrogens with zero attached hydrogens (tertiary/aromatic N) is 1. The molecule has 3 aromatic carbocycles. The third-order valence-electron chi connectivity index (χ3n) is 6.88. The molecule has 0 unspecified atom stereocenters. The fourth-order valence-electron chi connectivity index (χ4n) is 4.73. The molecule has 0 aromatic heterocycles. The number of piperidine rings is 1. The maximum atomic E-state index is 14.7. The smallest absolute Gasteiger partial charge is 0.416 e. The molecule has 1 heterocycles. The summed E-state index contributed by atoms with van der Waals surface area (Å²) >= 11 is 0. The molecule has 8 heteroatoms. The van der Waals surface area contributed by atoms with Crippen LogP contribution in [0.5, 0.6) is 5.75 Å². The van der Waals surface area contributed by atoms with Gasteiger partial charge in [-0.3, -0.25) is 0 Å². The van der Waals surface area contributed by atoms with Gasteiger partial charge >= 0.3 is 6.18 Å². The van der Waals surface area contributed by atoms with E-state index in [-0.39, 0.29) is 34.5 Å². The average Bonchev–Trinajstić information content (AvgIpc) is 2.87. The lowest BCUT2D eigenvalue weighted by Gasteiger charge is -2.41. The van der Waals surface area contributed by atoms with Gasteiger partial charge in [0.15, 0.2) is 11.6 Å². The summed E-state index contributed by atoms with van der Waals surface area (Å²) in [7, 11) is 3.24. The van der Waals surface area contributed by atoms with Gasteiger partial charge in [-0.2, -0.15) is 17.6 Å². The number of rotatable bonds is 7. The first-order valence-corrected chi connectivity index (χ1v) is 11.7. The van der Waals surface area contributed by atoms with Gasteiger partial charge in [0.25, 0.3) is 0 Å². The van der Waals surface area contributed by atoms with Crippen LogP contribution in [0.4, 0.5) is 22.0 Å². The molecule has 1 saturated heterocycles. The molecule has 192 valence electrons. The molecule has 0 radical (unpaired) electrons. The standard InChI is InChI=1S/C28H28F5NO2/c1-34-12-10-27(11-13-34,21-6-4-3-5-7-21)18-36-17-19-14-20(16-22(15-19)28(31,32)33)23-8-9-24(35-2)26(30)25(23)29/h3-9,14-16H,10-13,17-18H2,1-2H3. The molecule has 3 aromatic rings. The van der Waals surface area contributed by atoms with Crippen LogP contribution in [0.3, 0.4) is 0 Å².